The molecule has 0 spiro atoms. The van der Waals surface area contributed by atoms with E-state index in [1.165, 1.54) is 0 Å². The number of hydrogen-bond donors (Lipinski definition) is 0. The van der Waals surface area contributed by atoms with Gasteiger partial charge in [0.2, 0.25) is 0 Å². The van der Waals surface area contributed by atoms with Gasteiger partial charge in [-0.25, -0.2) is 4.98 Å². The number of rotatable bonds is 3. The monoisotopic (exact) mass is 264 g/mol. The number of aldehydes is 1. The fourth-order valence-electron chi connectivity index (χ4n) is 1.40. The molecule has 4 heteroatoms. The lowest BCUT2D eigenvalue weighted by molar-refractivity contribution is 0.111. The van der Waals surface area contributed by atoms with Gasteiger partial charge in [0.05, 0.1) is 0 Å². The number of imidazole rings is 1. The Morgan fingerprint density at radius 1 is 1.33 bits per heavy atom. The summed E-state index contributed by atoms with van der Waals surface area (Å²) in [5.74, 6) is 0.436. The first-order valence-electron chi connectivity index (χ1n) is 4.51. The van der Waals surface area contributed by atoms with Gasteiger partial charge in [0.15, 0.2) is 12.1 Å². The molecule has 0 atom stereocenters. The molecule has 0 bridgehead atoms. The van der Waals surface area contributed by atoms with Crippen molar-refractivity contribution < 1.29 is 4.79 Å². The molecule has 0 fully saturated rings. The highest BCUT2D eigenvalue weighted by Gasteiger charge is 2.04. The molecule has 1 aromatic carbocycles. The maximum absolute atomic E-state index is 10.7. The van der Waals surface area contributed by atoms with Gasteiger partial charge in [0.1, 0.15) is 4.60 Å². The molecule has 2 aromatic rings. The SMILES string of the molecule is O=Cc1nc(Br)cn1Cc1ccccc1. The van der Waals surface area contributed by atoms with Crippen molar-refractivity contribution in [3.8, 4) is 0 Å². The Labute approximate surface area is 95.9 Å². The zero-order valence-corrected chi connectivity index (χ0v) is 9.52. The van der Waals surface area contributed by atoms with Crippen LogP contribution in [0.3, 0.4) is 0 Å². The van der Waals surface area contributed by atoms with Crippen molar-refractivity contribution in [1.29, 1.82) is 0 Å². The molecule has 1 heterocycles. The van der Waals surface area contributed by atoms with E-state index in [4.69, 9.17) is 0 Å². The third kappa shape index (κ3) is 2.33. The summed E-state index contributed by atoms with van der Waals surface area (Å²) in [5.41, 5.74) is 1.14. The van der Waals surface area contributed by atoms with E-state index in [0.717, 1.165) is 11.8 Å². The molecule has 0 radical (unpaired) electrons. The molecular weight excluding hydrogens is 256 g/mol. The van der Waals surface area contributed by atoms with E-state index in [9.17, 15) is 4.79 Å². The quantitative estimate of drug-likeness (QED) is 0.799. The summed E-state index contributed by atoms with van der Waals surface area (Å²) in [6.45, 7) is 0.660. The van der Waals surface area contributed by atoms with Crippen molar-refractivity contribution in [2.45, 2.75) is 6.54 Å². The number of aromatic nitrogens is 2. The molecule has 0 saturated carbocycles. The van der Waals surface area contributed by atoms with Crippen LogP contribution in [0.1, 0.15) is 16.2 Å². The average Bonchev–Trinajstić information content (AvgIpc) is 2.60. The molecule has 0 unspecified atom stereocenters. The summed E-state index contributed by atoms with van der Waals surface area (Å²) in [5, 5.41) is 0. The first-order chi connectivity index (χ1) is 7.29. The molecule has 15 heavy (non-hydrogen) atoms. The van der Waals surface area contributed by atoms with Crippen molar-refractivity contribution in [1.82, 2.24) is 9.55 Å². The third-order valence-corrected chi connectivity index (χ3v) is 2.46. The lowest BCUT2D eigenvalue weighted by Gasteiger charge is -2.03. The second kappa shape index (κ2) is 4.40. The minimum absolute atomic E-state index is 0.436. The zero-order valence-electron chi connectivity index (χ0n) is 7.93. The minimum atomic E-state index is 0.436. The highest BCUT2D eigenvalue weighted by atomic mass is 79.9. The van der Waals surface area contributed by atoms with Crippen molar-refractivity contribution >= 4 is 22.2 Å². The Morgan fingerprint density at radius 3 is 2.73 bits per heavy atom. The fraction of sp³-hybridized carbons (Fsp3) is 0.0909. The number of hydrogen-bond acceptors (Lipinski definition) is 2. The van der Waals surface area contributed by atoms with Crippen LogP contribution in [-0.4, -0.2) is 15.8 Å². The van der Waals surface area contributed by atoms with E-state index in [0.29, 0.717) is 17.0 Å². The molecule has 3 nitrogen and oxygen atoms in total. The van der Waals surface area contributed by atoms with Crippen molar-refractivity contribution in [3.05, 3.63) is 52.5 Å². The van der Waals surface area contributed by atoms with Gasteiger partial charge in [-0.05, 0) is 21.5 Å². The van der Waals surface area contributed by atoms with Crippen LogP contribution in [0.4, 0.5) is 0 Å². The van der Waals surface area contributed by atoms with E-state index < -0.39 is 0 Å². The van der Waals surface area contributed by atoms with Gasteiger partial charge in [0.25, 0.3) is 0 Å². The van der Waals surface area contributed by atoms with Crippen molar-refractivity contribution in [2.75, 3.05) is 0 Å². The summed E-state index contributed by atoms with van der Waals surface area (Å²) >= 11 is 3.25. The number of halogens is 1. The van der Waals surface area contributed by atoms with E-state index in [-0.39, 0.29) is 0 Å². The fourth-order valence-corrected chi connectivity index (χ4v) is 1.83. The van der Waals surface area contributed by atoms with E-state index >= 15 is 0 Å². The zero-order chi connectivity index (χ0) is 10.7. The van der Waals surface area contributed by atoms with E-state index in [1.807, 2.05) is 34.9 Å². The van der Waals surface area contributed by atoms with E-state index in [1.54, 1.807) is 6.20 Å². The van der Waals surface area contributed by atoms with Crippen LogP contribution in [0.5, 0.6) is 0 Å². The highest BCUT2D eigenvalue weighted by Crippen LogP contribution is 2.11. The maximum atomic E-state index is 10.7. The predicted octanol–water partition coefficient (Wildman–Crippen LogP) is 2.51. The van der Waals surface area contributed by atoms with Gasteiger partial charge in [-0.2, -0.15) is 0 Å². The van der Waals surface area contributed by atoms with Gasteiger partial charge < -0.3 is 4.57 Å². The number of carbonyl (C=O) groups excluding carboxylic acids is 1. The number of carbonyl (C=O) groups is 1. The molecule has 2 rings (SSSR count). The second-order valence-electron chi connectivity index (χ2n) is 3.15. The Hall–Kier alpha value is -1.42. The summed E-state index contributed by atoms with van der Waals surface area (Å²) in [7, 11) is 0. The normalized spacial score (nSPS) is 10.2. The molecule has 0 aliphatic heterocycles. The molecule has 0 N–H and O–H groups in total. The van der Waals surface area contributed by atoms with Gasteiger partial charge in [-0.15, -0.1) is 0 Å². The van der Waals surface area contributed by atoms with Crippen LogP contribution in [0.15, 0.2) is 41.1 Å². The maximum Gasteiger partial charge on any atom is 0.185 e. The third-order valence-electron chi connectivity index (χ3n) is 2.08. The van der Waals surface area contributed by atoms with Crippen LogP contribution in [-0.2, 0) is 6.54 Å². The van der Waals surface area contributed by atoms with Gasteiger partial charge in [0, 0.05) is 12.7 Å². The second-order valence-corrected chi connectivity index (χ2v) is 3.97. The lowest BCUT2D eigenvalue weighted by Crippen LogP contribution is -2.02. The molecule has 0 aliphatic carbocycles. The molecule has 0 saturated heterocycles. The van der Waals surface area contributed by atoms with E-state index in [2.05, 4.69) is 20.9 Å². The Morgan fingerprint density at radius 2 is 2.07 bits per heavy atom. The molecule has 76 valence electrons. The average molecular weight is 265 g/mol. The summed E-state index contributed by atoms with van der Waals surface area (Å²) in [6.07, 6.45) is 2.56. The Balaban J connectivity index is 2.28. The van der Waals surface area contributed by atoms with Crippen LogP contribution in [0.25, 0.3) is 0 Å². The molecular formula is C11H9BrN2O. The predicted molar refractivity (Wildman–Crippen MR) is 60.9 cm³/mol. The standard InChI is InChI=1S/C11H9BrN2O/c12-10-7-14(11(8-15)13-10)6-9-4-2-1-3-5-9/h1-5,7-8H,6H2. The van der Waals surface area contributed by atoms with Crippen LogP contribution >= 0.6 is 15.9 Å². The van der Waals surface area contributed by atoms with Gasteiger partial charge in [-0.3, -0.25) is 4.79 Å². The van der Waals surface area contributed by atoms with Crippen LogP contribution < -0.4 is 0 Å². The largest absolute Gasteiger partial charge is 0.323 e. The number of nitrogens with zero attached hydrogens (tertiary/aromatic N) is 2. The molecule has 1 aromatic heterocycles. The Kier molecular flexibility index (Phi) is 2.97. The smallest absolute Gasteiger partial charge is 0.185 e. The topological polar surface area (TPSA) is 34.9 Å². The van der Waals surface area contributed by atoms with Crippen molar-refractivity contribution in [2.24, 2.45) is 0 Å². The summed E-state index contributed by atoms with van der Waals surface area (Å²) in [4.78, 5) is 14.8. The van der Waals surface area contributed by atoms with Gasteiger partial charge in [-0.1, -0.05) is 30.3 Å². The van der Waals surface area contributed by atoms with Crippen LogP contribution in [0, 0.1) is 0 Å². The molecule has 0 aliphatic rings. The van der Waals surface area contributed by atoms with Gasteiger partial charge >= 0.3 is 0 Å². The summed E-state index contributed by atoms with van der Waals surface area (Å²) in [6, 6.07) is 9.95. The first-order valence-corrected chi connectivity index (χ1v) is 5.30. The number of benzene rings is 1. The highest BCUT2D eigenvalue weighted by molar-refractivity contribution is 9.10. The molecule has 0 amide bonds. The summed E-state index contributed by atoms with van der Waals surface area (Å²) < 4.78 is 2.49. The minimum Gasteiger partial charge on any atom is -0.323 e. The first kappa shape index (κ1) is 10.1. The van der Waals surface area contributed by atoms with Crippen molar-refractivity contribution in [3.63, 3.8) is 0 Å². The Bertz CT molecular complexity index is 465. The lowest BCUT2D eigenvalue weighted by atomic mass is 10.2. The van der Waals surface area contributed by atoms with Crippen LogP contribution in [0.2, 0.25) is 0 Å².